The Morgan fingerprint density at radius 2 is 2.05 bits per heavy atom. The standard InChI is InChI=1S/C15H19N3O/c1-12(19)17-7-8-18-14-9-15(10-14,11-16)13-5-3-2-4-6-13/h2-6,14,18H,7-10H2,1H3,(H,17,19). The van der Waals surface area contributed by atoms with Crippen LogP contribution in [0.1, 0.15) is 25.3 Å². The molecule has 0 aliphatic heterocycles. The van der Waals surface area contributed by atoms with Crippen molar-refractivity contribution in [3.05, 3.63) is 35.9 Å². The topological polar surface area (TPSA) is 64.9 Å². The van der Waals surface area contributed by atoms with Gasteiger partial charge in [0.1, 0.15) is 0 Å². The first-order chi connectivity index (χ1) is 9.16. The zero-order chi connectivity index (χ0) is 13.7. The molecule has 100 valence electrons. The fraction of sp³-hybridized carbons (Fsp3) is 0.467. The molecule has 1 fully saturated rings. The number of carbonyl (C=O) groups excluding carboxylic acids is 1. The summed E-state index contributed by atoms with van der Waals surface area (Å²) < 4.78 is 0. The number of nitrogens with one attached hydrogen (secondary N) is 2. The van der Waals surface area contributed by atoms with Crippen molar-refractivity contribution in [2.24, 2.45) is 0 Å². The summed E-state index contributed by atoms with van der Waals surface area (Å²) in [4.78, 5) is 10.7. The average molecular weight is 257 g/mol. The Balaban J connectivity index is 1.80. The number of benzene rings is 1. The molecule has 2 N–H and O–H groups in total. The fourth-order valence-corrected chi connectivity index (χ4v) is 2.59. The monoisotopic (exact) mass is 257 g/mol. The van der Waals surface area contributed by atoms with Crippen LogP contribution >= 0.6 is 0 Å². The van der Waals surface area contributed by atoms with Crippen molar-refractivity contribution < 1.29 is 4.79 Å². The van der Waals surface area contributed by atoms with Crippen molar-refractivity contribution in [2.45, 2.75) is 31.2 Å². The number of nitrogens with zero attached hydrogens (tertiary/aromatic N) is 1. The summed E-state index contributed by atoms with van der Waals surface area (Å²) in [5, 5.41) is 15.5. The molecule has 1 aliphatic rings. The van der Waals surface area contributed by atoms with E-state index in [1.54, 1.807) is 0 Å². The smallest absolute Gasteiger partial charge is 0.216 e. The minimum Gasteiger partial charge on any atom is -0.355 e. The van der Waals surface area contributed by atoms with Gasteiger partial charge in [0, 0.05) is 26.1 Å². The van der Waals surface area contributed by atoms with Crippen molar-refractivity contribution in [3.63, 3.8) is 0 Å². The van der Waals surface area contributed by atoms with E-state index in [9.17, 15) is 10.1 Å². The largest absolute Gasteiger partial charge is 0.355 e. The Kier molecular flexibility index (Phi) is 4.18. The van der Waals surface area contributed by atoms with Gasteiger partial charge in [-0.3, -0.25) is 4.79 Å². The van der Waals surface area contributed by atoms with Crippen LogP contribution in [0.25, 0.3) is 0 Å². The van der Waals surface area contributed by atoms with Gasteiger partial charge in [-0.2, -0.15) is 5.26 Å². The van der Waals surface area contributed by atoms with Crippen LogP contribution in [0, 0.1) is 11.3 Å². The van der Waals surface area contributed by atoms with E-state index >= 15 is 0 Å². The Bertz CT molecular complexity index is 472. The molecule has 19 heavy (non-hydrogen) atoms. The molecule has 0 radical (unpaired) electrons. The molecule has 0 heterocycles. The minimum atomic E-state index is -0.326. The van der Waals surface area contributed by atoms with Crippen LogP contribution in [0.15, 0.2) is 30.3 Å². The maximum Gasteiger partial charge on any atom is 0.216 e. The summed E-state index contributed by atoms with van der Waals surface area (Å²) in [6.07, 6.45) is 1.68. The Morgan fingerprint density at radius 1 is 1.37 bits per heavy atom. The van der Waals surface area contributed by atoms with E-state index in [4.69, 9.17) is 0 Å². The number of carbonyl (C=O) groups is 1. The molecule has 0 spiro atoms. The van der Waals surface area contributed by atoms with E-state index in [0.29, 0.717) is 12.6 Å². The lowest BCUT2D eigenvalue weighted by atomic mass is 9.62. The molecular weight excluding hydrogens is 238 g/mol. The third kappa shape index (κ3) is 3.12. The molecule has 4 nitrogen and oxygen atoms in total. The van der Waals surface area contributed by atoms with Gasteiger partial charge in [-0.15, -0.1) is 0 Å². The van der Waals surface area contributed by atoms with Gasteiger partial charge in [0.2, 0.25) is 5.91 Å². The molecule has 0 saturated heterocycles. The average Bonchev–Trinajstić information content (AvgIpc) is 2.37. The summed E-state index contributed by atoms with van der Waals surface area (Å²) in [5.74, 6) is -0.00827. The molecule has 1 aromatic rings. The number of hydrogen-bond donors (Lipinski definition) is 2. The summed E-state index contributed by atoms with van der Waals surface area (Å²) in [7, 11) is 0. The quantitative estimate of drug-likeness (QED) is 0.782. The molecule has 1 saturated carbocycles. The highest BCUT2D eigenvalue weighted by atomic mass is 16.1. The number of hydrogen-bond acceptors (Lipinski definition) is 3. The number of amides is 1. The van der Waals surface area contributed by atoms with E-state index in [-0.39, 0.29) is 11.3 Å². The lowest BCUT2D eigenvalue weighted by molar-refractivity contribution is -0.118. The second kappa shape index (κ2) is 5.85. The van der Waals surface area contributed by atoms with Gasteiger partial charge in [-0.05, 0) is 18.4 Å². The van der Waals surface area contributed by atoms with E-state index in [1.165, 1.54) is 6.92 Å². The van der Waals surface area contributed by atoms with Crippen LogP contribution in [0.3, 0.4) is 0 Å². The number of nitriles is 1. The van der Waals surface area contributed by atoms with Crippen LogP contribution in [0.4, 0.5) is 0 Å². The van der Waals surface area contributed by atoms with Gasteiger partial charge in [-0.25, -0.2) is 0 Å². The highest BCUT2D eigenvalue weighted by Gasteiger charge is 2.45. The third-order valence-electron chi connectivity index (χ3n) is 3.66. The van der Waals surface area contributed by atoms with Crippen molar-refractivity contribution >= 4 is 5.91 Å². The fourth-order valence-electron chi connectivity index (χ4n) is 2.59. The van der Waals surface area contributed by atoms with E-state index < -0.39 is 0 Å². The molecule has 0 atom stereocenters. The molecule has 1 amide bonds. The Labute approximate surface area is 113 Å². The summed E-state index contributed by atoms with van der Waals surface area (Å²) in [6.45, 7) is 2.90. The van der Waals surface area contributed by atoms with Crippen molar-refractivity contribution in [3.8, 4) is 6.07 Å². The Morgan fingerprint density at radius 3 is 2.63 bits per heavy atom. The first-order valence-electron chi connectivity index (χ1n) is 6.61. The zero-order valence-corrected chi connectivity index (χ0v) is 11.1. The van der Waals surface area contributed by atoms with Crippen molar-refractivity contribution in [2.75, 3.05) is 13.1 Å². The maximum absolute atomic E-state index is 10.7. The normalized spacial score (nSPS) is 25.2. The molecule has 0 aromatic heterocycles. The van der Waals surface area contributed by atoms with E-state index in [2.05, 4.69) is 16.7 Å². The first-order valence-corrected chi connectivity index (χ1v) is 6.61. The Hall–Kier alpha value is -1.86. The highest BCUT2D eigenvalue weighted by molar-refractivity contribution is 5.72. The third-order valence-corrected chi connectivity index (χ3v) is 3.66. The van der Waals surface area contributed by atoms with Crippen LogP contribution in [0.2, 0.25) is 0 Å². The lowest BCUT2D eigenvalue weighted by Gasteiger charge is -2.43. The van der Waals surface area contributed by atoms with Gasteiger partial charge in [-0.1, -0.05) is 30.3 Å². The summed E-state index contributed by atoms with van der Waals surface area (Å²) in [5.41, 5.74) is 0.782. The van der Waals surface area contributed by atoms with Gasteiger partial charge in [0.05, 0.1) is 11.5 Å². The minimum absolute atomic E-state index is 0.00827. The predicted octanol–water partition coefficient (Wildman–Crippen LogP) is 1.34. The zero-order valence-electron chi connectivity index (χ0n) is 11.1. The van der Waals surface area contributed by atoms with E-state index in [1.807, 2.05) is 30.3 Å². The summed E-state index contributed by atoms with van der Waals surface area (Å²) in [6, 6.07) is 12.8. The maximum atomic E-state index is 10.7. The van der Waals surface area contributed by atoms with E-state index in [0.717, 1.165) is 24.9 Å². The first kappa shape index (κ1) is 13.6. The van der Waals surface area contributed by atoms with Crippen LogP contribution in [-0.2, 0) is 10.2 Å². The second-order valence-corrected chi connectivity index (χ2v) is 5.10. The molecule has 0 unspecified atom stereocenters. The summed E-state index contributed by atoms with van der Waals surface area (Å²) >= 11 is 0. The lowest BCUT2D eigenvalue weighted by Crippen LogP contribution is -2.52. The van der Waals surface area contributed by atoms with Gasteiger partial charge >= 0.3 is 0 Å². The van der Waals surface area contributed by atoms with Gasteiger partial charge in [0.25, 0.3) is 0 Å². The van der Waals surface area contributed by atoms with Gasteiger partial charge < -0.3 is 10.6 Å². The van der Waals surface area contributed by atoms with Crippen molar-refractivity contribution in [1.82, 2.24) is 10.6 Å². The molecule has 4 heteroatoms. The predicted molar refractivity (Wildman–Crippen MR) is 73.4 cm³/mol. The van der Waals surface area contributed by atoms with Crippen molar-refractivity contribution in [1.29, 1.82) is 5.26 Å². The van der Waals surface area contributed by atoms with Crippen LogP contribution in [-0.4, -0.2) is 25.0 Å². The molecule has 0 bridgehead atoms. The second-order valence-electron chi connectivity index (χ2n) is 5.10. The highest BCUT2D eigenvalue weighted by Crippen LogP contribution is 2.43. The SMILES string of the molecule is CC(=O)NCCNC1CC(C#N)(c2ccccc2)C1. The van der Waals surface area contributed by atoms with Crippen LogP contribution < -0.4 is 10.6 Å². The number of rotatable bonds is 5. The molecule has 1 aliphatic carbocycles. The molecule has 1 aromatic carbocycles. The molecular formula is C15H19N3O. The molecule has 2 rings (SSSR count). The van der Waals surface area contributed by atoms with Crippen LogP contribution in [0.5, 0.6) is 0 Å². The van der Waals surface area contributed by atoms with Gasteiger partial charge in [0.15, 0.2) is 0 Å².